The van der Waals surface area contributed by atoms with Crippen LogP contribution in [-0.4, -0.2) is 37.5 Å². The van der Waals surface area contributed by atoms with E-state index in [2.05, 4.69) is 20.9 Å². The Balaban J connectivity index is 1.09. The Morgan fingerprint density at radius 3 is 2.55 bits per heavy atom. The molecule has 4 aliphatic heterocycles. The van der Waals surface area contributed by atoms with Crippen LogP contribution in [0.2, 0.25) is 5.02 Å². The summed E-state index contributed by atoms with van der Waals surface area (Å²) < 4.78 is 6.52. The molecule has 6 heterocycles. The van der Waals surface area contributed by atoms with Crippen LogP contribution >= 0.6 is 23.4 Å². The second-order valence-electron chi connectivity index (χ2n) is 9.60. The molecule has 0 amide bonds. The molecule has 0 bridgehead atoms. The number of piperidine rings is 2. The average molecular weight is 479 g/mol. The zero-order valence-electron chi connectivity index (χ0n) is 17.8. The van der Waals surface area contributed by atoms with Crippen molar-refractivity contribution in [2.24, 2.45) is 5.73 Å². The SMILES string of the molecule is Nc1nccc(Sc2cnc(C34C[C@H]5CC6(C[C@@H](C3)N54)Oc3ccccc3[C@H]6N)cn2)c1Cl. The molecule has 9 heteroatoms. The lowest BCUT2D eigenvalue weighted by molar-refractivity contribution is -0.259. The number of hydrogen-bond acceptors (Lipinski definition) is 8. The van der Waals surface area contributed by atoms with Crippen LogP contribution in [-0.2, 0) is 5.54 Å². The predicted molar refractivity (Wildman–Crippen MR) is 126 cm³/mol. The second-order valence-corrected chi connectivity index (χ2v) is 11.0. The number of nitrogens with two attached hydrogens (primary N) is 2. The molecule has 4 aliphatic rings. The van der Waals surface area contributed by atoms with Crippen LogP contribution in [0.3, 0.4) is 0 Å². The van der Waals surface area contributed by atoms with Crippen LogP contribution in [0.25, 0.3) is 0 Å². The van der Waals surface area contributed by atoms with Crippen molar-refractivity contribution < 1.29 is 4.74 Å². The molecule has 1 spiro atoms. The van der Waals surface area contributed by atoms with Gasteiger partial charge in [-0.25, -0.2) is 9.97 Å². The molecule has 0 aliphatic carbocycles. The van der Waals surface area contributed by atoms with Gasteiger partial charge in [0.2, 0.25) is 0 Å². The van der Waals surface area contributed by atoms with E-state index < -0.39 is 0 Å². The number of nitrogens with zero attached hydrogens (tertiary/aromatic N) is 4. The first-order valence-corrected chi connectivity index (χ1v) is 12.4. The number of ether oxygens (including phenoxy) is 1. The average Bonchev–Trinajstić information content (AvgIpc) is 3.06. The molecule has 3 aromatic rings. The number of aromatic nitrogens is 3. The summed E-state index contributed by atoms with van der Waals surface area (Å²) in [6.07, 6.45) is 9.48. The molecule has 7 rings (SSSR count). The fraction of sp³-hybridized carbons (Fsp3) is 0.375. The van der Waals surface area contributed by atoms with Gasteiger partial charge in [-0.15, -0.1) is 0 Å². The predicted octanol–water partition coefficient (Wildman–Crippen LogP) is 3.93. The van der Waals surface area contributed by atoms with Gasteiger partial charge in [0.25, 0.3) is 0 Å². The number of nitrogen functional groups attached to an aromatic ring is 1. The standard InChI is InChI=1S/C24H23ClN6OS/c25-20-17(5-6-28-22(20)27)33-19-12-29-18(11-30-19)23-7-13-9-24(10-14(8-23)31(13)23)21(26)15-3-1-2-4-16(15)32-24/h1-6,11-14,21H,7-10,26H2,(H2,27,28)/t13-,14+,21-,23?,24?/m1/s1. The minimum atomic E-state index is -0.278. The Kier molecular flexibility index (Phi) is 4.14. The molecule has 0 radical (unpaired) electrons. The van der Waals surface area contributed by atoms with Crippen molar-refractivity contribution in [3.63, 3.8) is 0 Å². The summed E-state index contributed by atoms with van der Waals surface area (Å²) in [4.78, 5) is 17.0. The van der Waals surface area contributed by atoms with E-state index in [-0.39, 0.29) is 17.2 Å². The van der Waals surface area contributed by atoms with Crippen molar-refractivity contribution in [3.8, 4) is 5.75 Å². The second kappa shape index (κ2) is 6.82. The number of halogens is 1. The summed E-state index contributed by atoms with van der Waals surface area (Å²) in [5, 5.41) is 1.24. The molecular weight excluding hydrogens is 456 g/mol. The lowest BCUT2D eigenvalue weighted by Crippen LogP contribution is -2.81. The first-order valence-electron chi connectivity index (χ1n) is 11.2. The number of anilines is 1. The van der Waals surface area contributed by atoms with Crippen molar-refractivity contribution in [2.75, 3.05) is 5.73 Å². The van der Waals surface area contributed by atoms with Crippen molar-refractivity contribution in [2.45, 2.75) is 64.9 Å². The Hall–Kier alpha value is -2.39. The lowest BCUT2D eigenvalue weighted by atomic mass is 9.55. The minimum absolute atomic E-state index is 0.0153. The summed E-state index contributed by atoms with van der Waals surface area (Å²) in [5.41, 5.74) is 14.5. The quantitative estimate of drug-likeness (QED) is 0.583. The molecule has 3 saturated heterocycles. The molecule has 1 aromatic carbocycles. The van der Waals surface area contributed by atoms with Gasteiger partial charge in [0.15, 0.2) is 0 Å². The monoisotopic (exact) mass is 478 g/mol. The summed E-state index contributed by atoms with van der Waals surface area (Å²) >= 11 is 7.72. The molecule has 33 heavy (non-hydrogen) atoms. The first-order chi connectivity index (χ1) is 16.0. The Labute approximate surface area is 200 Å². The van der Waals surface area contributed by atoms with E-state index in [0.29, 0.717) is 22.9 Å². The largest absolute Gasteiger partial charge is 0.485 e. The van der Waals surface area contributed by atoms with Crippen molar-refractivity contribution in [1.82, 2.24) is 19.9 Å². The molecule has 3 fully saturated rings. The molecule has 168 valence electrons. The van der Waals surface area contributed by atoms with Crippen LogP contribution in [0.1, 0.15) is 43.0 Å². The van der Waals surface area contributed by atoms with Gasteiger partial charge >= 0.3 is 0 Å². The summed E-state index contributed by atoms with van der Waals surface area (Å²) in [6, 6.07) is 11.0. The molecule has 0 saturated carbocycles. The zero-order chi connectivity index (χ0) is 22.4. The number of para-hydroxylation sites is 1. The van der Waals surface area contributed by atoms with Crippen molar-refractivity contribution in [3.05, 3.63) is 65.2 Å². The van der Waals surface area contributed by atoms with E-state index in [4.69, 9.17) is 32.8 Å². The highest BCUT2D eigenvalue weighted by atomic mass is 35.5. The number of benzene rings is 1. The molecule has 7 nitrogen and oxygen atoms in total. The fourth-order valence-corrected chi connectivity index (χ4v) is 7.57. The normalized spacial score (nSPS) is 33.6. The van der Waals surface area contributed by atoms with Crippen LogP contribution in [0.5, 0.6) is 5.75 Å². The van der Waals surface area contributed by atoms with E-state index in [1.165, 1.54) is 11.8 Å². The lowest BCUT2D eigenvalue weighted by Gasteiger charge is -2.74. The van der Waals surface area contributed by atoms with E-state index in [9.17, 15) is 0 Å². The maximum absolute atomic E-state index is 6.72. The highest BCUT2D eigenvalue weighted by Crippen LogP contribution is 2.65. The number of fused-ring (bicyclic) bond motifs is 1. The van der Waals surface area contributed by atoms with Crippen LogP contribution < -0.4 is 16.2 Å². The van der Waals surface area contributed by atoms with Gasteiger partial charge in [0.05, 0.1) is 34.7 Å². The van der Waals surface area contributed by atoms with Gasteiger partial charge < -0.3 is 16.2 Å². The topological polar surface area (TPSA) is 103 Å². The number of rotatable bonds is 3. The fourth-order valence-electron chi connectivity index (χ4n) is 6.58. The third-order valence-corrected chi connectivity index (χ3v) is 9.41. The van der Waals surface area contributed by atoms with Crippen LogP contribution in [0, 0.1) is 0 Å². The molecule has 4 N–H and O–H groups in total. The minimum Gasteiger partial charge on any atom is -0.485 e. The van der Waals surface area contributed by atoms with Gasteiger partial charge in [-0.2, -0.15) is 0 Å². The van der Waals surface area contributed by atoms with Gasteiger partial charge in [0.1, 0.15) is 22.2 Å². The molecule has 2 unspecified atom stereocenters. The van der Waals surface area contributed by atoms with Crippen molar-refractivity contribution in [1.29, 1.82) is 0 Å². The highest BCUT2D eigenvalue weighted by Gasteiger charge is 2.71. The molecule has 5 atom stereocenters. The van der Waals surface area contributed by atoms with E-state index in [1.54, 1.807) is 6.20 Å². The van der Waals surface area contributed by atoms with Gasteiger partial charge in [-0.05, 0) is 25.0 Å². The summed E-state index contributed by atoms with van der Waals surface area (Å²) in [5.74, 6) is 1.28. The summed E-state index contributed by atoms with van der Waals surface area (Å²) in [7, 11) is 0. The summed E-state index contributed by atoms with van der Waals surface area (Å²) in [6.45, 7) is 0. The maximum atomic E-state index is 6.72. The van der Waals surface area contributed by atoms with Gasteiger partial charge in [0, 0.05) is 41.6 Å². The Bertz CT molecular complexity index is 1250. The van der Waals surface area contributed by atoms with Crippen LogP contribution in [0.15, 0.2) is 58.8 Å². The molecular formula is C24H23ClN6OS. The Morgan fingerprint density at radius 1 is 1.03 bits per heavy atom. The van der Waals surface area contributed by atoms with Gasteiger partial charge in [-0.1, -0.05) is 41.6 Å². The first kappa shape index (κ1) is 20.0. The Morgan fingerprint density at radius 2 is 1.82 bits per heavy atom. The van der Waals surface area contributed by atoms with Gasteiger partial charge in [-0.3, -0.25) is 9.88 Å². The van der Waals surface area contributed by atoms with Crippen LogP contribution in [0.4, 0.5) is 5.82 Å². The maximum Gasteiger partial charge on any atom is 0.143 e. The smallest absolute Gasteiger partial charge is 0.143 e. The van der Waals surface area contributed by atoms with E-state index in [0.717, 1.165) is 52.6 Å². The molecule has 2 aromatic heterocycles. The zero-order valence-corrected chi connectivity index (χ0v) is 19.4. The highest BCUT2D eigenvalue weighted by molar-refractivity contribution is 7.99. The van der Waals surface area contributed by atoms with E-state index in [1.807, 2.05) is 36.7 Å². The number of pyridine rings is 1. The third kappa shape index (κ3) is 2.69. The number of hydrogen-bond donors (Lipinski definition) is 2. The van der Waals surface area contributed by atoms with Crippen molar-refractivity contribution >= 4 is 29.2 Å². The van der Waals surface area contributed by atoms with E-state index >= 15 is 0 Å². The third-order valence-electron chi connectivity index (χ3n) is 7.92.